The summed E-state index contributed by atoms with van der Waals surface area (Å²) in [6, 6.07) is 15.4. The van der Waals surface area contributed by atoms with E-state index < -0.39 is 0 Å². The minimum atomic E-state index is 0.191. The Morgan fingerprint density at radius 3 is 2.54 bits per heavy atom. The van der Waals surface area contributed by atoms with Crippen LogP contribution in [0.2, 0.25) is 0 Å². The van der Waals surface area contributed by atoms with Crippen molar-refractivity contribution in [2.45, 2.75) is 57.9 Å². The quantitative estimate of drug-likeness (QED) is 0.836. The van der Waals surface area contributed by atoms with Gasteiger partial charge < -0.3 is 0 Å². The van der Waals surface area contributed by atoms with Crippen LogP contribution in [0.5, 0.6) is 0 Å². The molecule has 1 fully saturated rings. The fraction of sp³-hybridized carbons (Fsp3) is 0.409. The number of benzene rings is 2. The Morgan fingerprint density at radius 1 is 1.17 bits per heavy atom. The first-order chi connectivity index (χ1) is 11.6. The van der Waals surface area contributed by atoms with Crippen LogP contribution in [-0.4, -0.2) is 18.9 Å². The average Bonchev–Trinajstić information content (AvgIpc) is 3.09. The zero-order valence-electron chi connectivity index (χ0n) is 15.0. The van der Waals surface area contributed by atoms with Gasteiger partial charge in [-0.2, -0.15) is 0 Å². The number of aryl methyl sites for hydroxylation is 1. The molecule has 1 saturated carbocycles. The SMILES string of the molecule is Cc1cc(C=Bc2ccccc2)c(CC(C)N)c(C2CCCC2)c1. The second-order valence-electron chi connectivity index (χ2n) is 7.33. The maximum atomic E-state index is 6.18. The van der Waals surface area contributed by atoms with Crippen molar-refractivity contribution in [3.8, 4) is 0 Å². The zero-order valence-corrected chi connectivity index (χ0v) is 15.0. The van der Waals surface area contributed by atoms with Crippen LogP contribution in [0.25, 0.3) is 0 Å². The molecule has 0 heterocycles. The van der Waals surface area contributed by atoms with Gasteiger partial charge in [-0.15, -0.1) is 0 Å². The number of rotatable bonds is 5. The van der Waals surface area contributed by atoms with Crippen molar-refractivity contribution in [2.75, 3.05) is 0 Å². The van der Waals surface area contributed by atoms with E-state index in [1.165, 1.54) is 47.8 Å². The van der Waals surface area contributed by atoms with E-state index >= 15 is 0 Å². The van der Waals surface area contributed by atoms with Crippen molar-refractivity contribution < 1.29 is 0 Å². The van der Waals surface area contributed by atoms with Gasteiger partial charge in [0.1, 0.15) is 0 Å². The molecule has 0 saturated heterocycles. The van der Waals surface area contributed by atoms with Gasteiger partial charge in [-0.3, -0.25) is 0 Å². The van der Waals surface area contributed by atoms with E-state index in [0.717, 1.165) is 12.3 Å². The molecule has 0 aliphatic heterocycles. The molecule has 1 unspecified atom stereocenters. The van der Waals surface area contributed by atoms with Gasteiger partial charge in [-0.25, -0.2) is 0 Å². The van der Waals surface area contributed by atoms with E-state index in [2.05, 4.69) is 69.2 Å². The summed E-state index contributed by atoms with van der Waals surface area (Å²) in [6.07, 6.45) is 6.35. The van der Waals surface area contributed by atoms with Crippen LogP contribution < -0.4 is 11.2 Å². The Bertz CT molecular complexity index is 697. The standard InChI is InChI=1S/C22H28BN/c1-16-12-19(15-23-20-10-4-3-5-11-20)22(14-17(2)24)21(13-16)18-8-6-7-9-18/h3-5,10-13,15,17-18H,6-9,14,24H2,1-2H3. The molecule has 1 atom stereocenters. The molecule has 0 amide bonds. The maximum absolute atomic E-state index is 6.18. The van der Waals surface area contributed by atoms with Gasteiger partial charge in [-0.1, -0.05) is 0 Å². The Kier molecular flexibility index (Phi) is 5.68. The van der Waals surface area contributed by atoms with Crippen molar-refractivity contribution in [1.29, 1.82) is 0 Å². The summed E-state index contributed by atoms with van der Waals surface area (Å²) in [5.41, 5.74) is 13.2. The summed E-state index contributed by atoms with van der Waals surface area (Å²) in [4.78, 5) is 0. The van der Waals surface area contributed by atoms with Gasteiger partial charge >= 0.3 is 147 Å². The van der Waals surface area contributed by atoms with Crippen molar-refractivity contribution in [2.24, 2.45) is 5.73 Å². The van der Waals surface area contributed by atoms with E-state index in [4.69, 9.17) is 5.73 Å². The molecule has 2 aromatic rings. The molecule has 0 radical (unpaired) electrons. The molecule has 3 rings (SSSR count). The monoisotopic (exact) mass is 317 g/mol. The average molecular weight is 317 g/mol. The Balaban J connectivity index is 2.01. The van der Waals surface area contributed by atoms with Gasteiger partial charge in [0, 0.05) is 0 Å². The van der Waals surface area contributed by atoms with Crippen molar-refractivity contribution in [3.63, 3.8) is 0 Å². The molecule has 0 bridgehead atoms. The normalized spacial score (nSPS) is 16.5. The second kappa shape index (κ2) is 7.94. The molecule has 1 aliphatic carbocycles. The van der Waals surface area contributed by atoms with Crippen molar-refractivity contribution in [3.05, 3.63) is 64.7 Å². The summed E-state index contributed by atoms with van der Waals surface area (Å²) in [6.45, 7) is 6.55. The van der Waals surface area contributed by atoms with E-state index in [1.807, 2.05) is 0 Å². The van der Waals surface area contributed by atoms with Gasteiger partial charge in [0.25, 0.3) is 0 Å². The van der Waals surface area contributed by atoms with Crippen LogP contribution >= 0.6 is 0 Å². The van der Waals surface area contributed by atoms with E-state index in [9.17, 15) is 0 Å². The first-order valence-corrected chi connectivity index (χ1v) is 9.25. The van der Waals surface area contributed by atoms with E-state index in [0.29, 0.717) is 0 Å². The van der Waals surface area contributed by atoms with Crippen LogP contribution in [0.1, 0.15) is 60.8 Å². The predicted octanol–water partition coefficient (Wildman–Crippen LogP) is 3.72. The van der Waals surface area contributed by atoms with Gasteiger partial charge in [0.05, 0.1) is 0 Å². The molecule has 2 aromatic carbocycles. The number of hydrogen-bond acceptors (Lipinski definition) is 1. The first kappa shape index (κ1) is 17.2. The Labute approximate surface area is 147 Å². The zero-order chi connectivity index (χ0) is 16.9. The molecule has 1 nitrogen and oxygen atoms in total. The minimum absolute atomic E-state index is 0.191. The molecule has 1 aliphatic rings. The fourth-order valence-electron chi connectivity index (χ4n) is 3.93. The summed E-state index contributed by atoms with van der Waals surface area (Å²) in [7, 11) is 0. The molecule has 24 heavy (non-hydrogen) atoms. The molecular formula is C22H28BN. The molecule has 2 heteroatoms. The molecule has 0 aromatic heterocycles. The van der Waals surface area contributed by atoms with Gasteiger partial charge in [-0.05, 0) is 0 Å². The van der Waals surface area contributed by atoms with Gasteiger partial charge in [0.15, 0.2) is 0 Å². The number of hydrogen-bond donors (Lipinski definition) is 1. The molecular weight excluding hydrogens is 289 g/mol. The number of nitrogens with two attached hydrogens (primary N) is 1. The predicted molar refractivity (Wildman–Crippen MR) is 107 cm³/mol. The van der Waals surface area contributed by atoms with Gasteiger partial charge in [0.2, 0.25) is 0 Å². The van der Waals surface area contributed by atoms with Crippen LogP contribution in [0.3, 0.4) is 0 Å². The summed E-state index contributed by atoms with van der Waals surface area (Å²) >= 11 is 0. The second-order valence-corrected chi connectivity index (χ2v) is 7.33. The third-order valence-corrected chi connectivity index (χ3v) is 5.04. The van der Waals surface area contributed by atoms with Crippen molar-refractivity contribution >= 4 is 18.4 Å². The van der Waals surface area contributed by atoms with E-state index in [-0.39, 0.29) is 6.04 Å². The molecule has 124 valence electrons. The van der Waals surface area contributed by atoms with Crippen LogP contribution in [-0.2, 0) is 6.42 Å². The van der Waals surface area contributed by atoms with Crippen LogP contribution in [0.15, 0.2) is 42.5 Å². The van der Waals surface area contributed by atoms with Crippen molar-refractivity contribution in [1.82, 2.24) is 0 Å². The fourth-order valence-corrected chi connectivity index (χ4v) is 3.93. The Morgan fingerprint density at radius 2 is 1.88 bits per heavy atom. The van der Waals surface area contributed by atoms with E-state index in [1.54, 1.807) is 5.56 Å². The van der Waals surface area contributed by atoms with Crippen LogP contribution in [0, 0.1) is 6.92 Å². The third-order valence-electron chi connectivity index (χ3n) is 5.04. The third kappa shape index (κ3) is 4.24. The summed E-state index contributed by atoms with van der Waals surface area (Å²) < 4.78 is 0. The topological polar surface area (TPSA) is 26.0 Å². The van der Waals surface area contributed by atoms with Crippen LogP contribution in [0.4, 0.5) is 0 Å². The summed E-state index contributed by atoms with van der Waals surface area (Å²) in [5.74, 6) is 3.00. The molecule has 0 spiro atoms. The summed E-state index contributed by atoms with van der Waals surface area (Å²) in [5, 5.41) is 0. The molecule has 2 N–H and O–H groups in total. The first-order valence-electron chi connectivity index (χ1n) is 9.25. The Hall–Kier alpha value is -1.67.